The van der Waals surface area contributed by atoms with Gasteiger partial charge in [-0.05, 0) is 33.4 Å². The van der Waals surface area contributed by atoms with Gasteiger partial charge >= 0.3 is 0 Å². The molecular weight excluding hydrogens is 274 g/mol. The first-order valence-electron chi connectivity index (χ1n) is 6.89. The Morgan fingerprint density at radius 1 is 1.35 bits per heavy atom. The normalized spacial score (nSPS) is 14.8. The maximum atomic E-state index is 12.3. The van der Waals surface area contributed by atoms with E-state index in [2.05, 4.69) is 5.32 Å². The largest absolute Gasteiger partial charge is 0.496 e. The van der Waals surface area contributed by atoms with E-state index in [0.29, 0.717) is 12.2 Å². The molecule has 0 fully saturated rings. The van der Waals surface area contributed by atoms with E-state index in [1.807, 2.05) is 32.0 Å². The predicted molar refractivity (Wildman–Crippen MR) is 83.1 cm³/mol. The fourth-order valence-electron chi connectivity index (χ4n) is 2.11. The first-order chi connectivity index (χ1) is 9.35. The molecule has 4 nitrogen and oxygen atoms in total. The minimum Gasteiger partial charge on any atom is -0.496 e. The van der Waals surface area contributed by atoms with Crippen LogP contribution in [0.4, 0.5) is 0 Å². The lowest BCUT2D eigenvalue weighted by Crippen LogP contribution is -2.30. The number of sulfone groups is 1. The zero-order valence-corrected chi connectivity index (χ0v) is 13.8. The highest BCUT2D eigenvalue weighted by Crippen LogP contribution is 2.28. The molecule has 1 aromatic rings. The number of hydrogen-bond donors (Lipinski definition) is 1. The summed E-state index contributed by atoms with van der Waals surface area (Å²) in [7, 11) is 0.252. The van der Waals surface area contributed by atoms with Gasteiger partial charge in [-0.15, -0.1) is 0 Å². The molecule has 0 amide bonds. The van der Waals surface area contributed by atoms with Gasteiger partial charge in [0.25, 0.3) is 0 Å². The van der Waals surface area contributed by atoms with Gasteiger partial charge in [-0.3, -0.25) is 0 Å². The highest BCUT2D eigenvalue weighted by molar-refractivity contribution is 7.92. The first-order valence-corrected chi connectivity index (χ1v) is 8.60. The van der Waals surface area contributed by atoms with Gasteiger partial charge in [-0.25, -0.2) is 8.42 Å². The minimum absolute atomic E-state index is 0.0817. The molecule has 0 aliphatic carbocycles. The molecular formula is C15H25NO3S. The highest BCUT2D eigenvalue weighted by Gasteiger charge is 2.26. The predicted octanol–water partition coefficient (Wildman–Crippen LogP) is 2.48. The number of benzene rings is 1. The molecule has 0 radical (unpaired) electrons. The summed E-state index contributed by atoms with van der Waals surface area (Å²) in [6.07, 6.45) is 0.629. The van der Waals surface area contributed by atoms with Crippen LogP contribution < -0.4 is 10.1 Å². The lowest BCUT2D eigenvalue weighted by atomic mass is 10.0. The Labute approximate surface area is 122 Å². The summed E-state index contributed by atoms with van der Waals surface area (Å²) in [5.74, 6) is 0.799. The van der Waals surface area contributed by atoms with Crippen molar-refractivity contribution in [2.24, 2.45) is 0 Å². The van der Waals surface area contributed by atoms with Crippen molar-refractivity contribution in [3.05, 3.63) is 29.3 Å². The third kappa shape index (κ3) is 3.96. The fraction of sp³-hybridized carbons (Fsp3) is 0.600. The Morgan fingerprint density at radius 3 is 2.50 bits per heavy atom. The summed E-state index contributed by atoms with van der Waals surface area (Å²) < 4.78 is 30.0. The van der Waals surface area contributed by atoms with Crippen LogP contribution in [0.15, 0.2) is 18.2 Å². The van der Waals surface area contributed by atoms with E-state index in [1.165, 1.54) is 0 Å². The van der Waals surface area contributed by atoms with Gasteiger partial charge in [-0.1, -0.05) is 24.6 Å². The van der Waals surface area contributed by atoms with Gasteiger partial charge in [-0.2, -0.15) is 0 Å². The monoisotopic (exact) mass is 299 g/mol. The molecule has 0 bridgehead atoms. The number of rotatable bonds is 7. The molecule has 1 aromatic carbocycles. The van der Waals surface area contributed by atoms with E-state index in [9.17, 15) is 8.42 Å². The van der Waals surface area contributed by atoms with Gasteiger partial charge in [0.05, 0.1) is 18.1 Å². The molecule has 0 aromatic heterocycles. The van der Waals surface area contributed by atoms with Crippen LogP contribution in [0, 0.1) is 6.92 Å². The first kappa shape index (κ1) is 17.0. The summed E-state index contributed by atoms with van der Waals surface area (Å²) in [5.41, 5.74) is 1.98. The fourth-order valence-corrected chi connectivity index (χ4v) is 3.75. The van der Waals surface area contributed by atoms with Gasteiger partial charge in [0.15, 0.2) is 9.84 Å². The number of hydrogen-bond acceptors (Lipinski definition) is 4. The molecule has 0 saturated carbocycles. The summed E-state index contributed by atoms with van der Waals surface area (Å²) in [5, 5.41) is 2.77. The third-order valence-electron chi connectivity index (χ3n) is 3.70. The molecule has 0 spiro atoms. The van der Waals surface area contributed by atoms with Crippen LogP contribution in [-0.2, 0) is 9.84 Å². The summed E-state index contributed by atoms with van der Waals surface area (Å²) in [4.78, 5) is 0. The van der Waals surface area contributed by atoms with Crippen LogP contribution in [0.3, 0.4) is 0 Å². The Morgan fingerprint density at radius 2 is 2.00 bits per heavy atom. The Hall–Kier alpha value is -1.07. The van der Waals surface area contributed by atoms with Crippen LogP contribution in [0.5, 0.6) is 5.75 Å². The van der Waals surface area contributed by atoms with Crippen molar-refractivity contribution in [3.63, 3.8) is 0 Å². The number of ether oxygens (including phenoxy) is 1. The molecule has 0 saturated heterocycles. The van der Waals surface area contributed by atoms with Gasteiger partial charge in [0.2, 0.25) is 0 Å². The molecule has 20 heavy (non-hydrogen) atoms. The van der Waals surface area contributed by atoms with E-state index in [-0.39, 0.29) is 17.0 Å². The maximum absolute atomic E-state index is 12.3. The second kappa shape index (κ2) is 7.09. The van der Waals surface area contributed by atoms with Crippen molar-refractivity contribution in [2.75, 3.05) is 19.9 Å². The Bertz CT molecular complexity index is 540. The van der Waals surface area contributed by atoms with E-state index in [1.54, 1.807) is 21.1 Å². The van der Waals surface area contributed by atoms with Crippen LogP contribution in [0.25, 0.3) is 0 Å². The maximum Gasteiger partial charge on any atom is 0.154 e. The number of nitrogens with one attached hydrogen (secondary N) is 1. The van der Waals surface area contributed by atoms with Gasteiger partial charge < -0.3 is 10.1 Å². The SMILES string of the molecule is CCC(C)S(=O)(=O)CC(NC)c1cc(C)ccc1OC. The highest BCUT2D eigenvalue weighted by atomic mass is 32.2. The smallest absolute Gasteiger partial charge is 0.154 e. The zero-order valence-electron chi connectivity index (χ0n) is 12.9. The quantitative estimate of drug-likeness (QED) is 0.840. The van der Waals surface area contributed by atoms with Crippen molar-refractivity contribution >= 4 is 9.84 Å². The topological polar surface area (TPSA) is 55.4 Å². The second-order valence-electron chi connectivity index (χ2n) is 5.14. The van der Waals surface area contributed by atoms with Gasteiger partial charge in [0, 0.05) is 11.6 Å². The van der Waals surface area contributed by atoms with E-state index < -0.39 is 9.84 Å². The Balaban J connectivity index is 3.11. The van der Waals surface area contributed by atoms with E-state index in [0.717, 1.165) is 11.1 Å². The standard InChI is InChI=1S/C15H25NO3S/c1-6-12(3)20(17,18)10-14(16-4)13-9-11(2)7-8-15(13)19-5/h7-9,12,14,16H,6,10H2,1-5H3. The molecule has 5 heteroatoms. The van der Waals surface area contributed by atoms with Crippen molar-refractivity contribution < 1.29 is 13.2 Å². The third-order valence-corrected chi connectivity index (χ3v) is 6.05. The molecule has 114 valence electrons. The average molecular weight is 299 g/mol. The molecule has 0 heterocycles. The van der Waals surface area contributed by atoms with Crippen molar-refractivity contribution in [1.29, 1.82) is 0 Å². The van der Waals surface area contributed by atoms with Crippen molar-refractivity contribution in [2.45, 2.75) is 38.5 Å². The van der Waals surface area contributed by atoms with Crippen molar-refractivity contribution in [3.8, 4) is 5.75 Å². The van der Waals surface area contributed by atoms with Crippen LogP contribution >= 0.6 is 0 Å². The molecule has 0 aliphatic rings. The van der Waals surface area contributed by atoms with Crippen LogP contribution in [-0.4, -0.2) is 33.6 Å². The number of aryl methyl sites for hydroxylation is 1. The molecule has 2 atom stereocenters. The number of methoxy groups -OCH3 is 1. The minimum atomic E-state index is -3.13. The average Bonchev–Trinajstić information content (AvgIpc) is 2.43. The second-order valence-corrected chi connectivity index (χ2v) is 7.60. The summed E-state index contributed by atoms with van der Waals surface area (Å²) >= 11 is 0. The lowest BCUT2D eigenvalue weighted by Gasteiger charge is -2.21. The van der Waals surface area contributed by atoms with E-state index >= 15 is 0 Å². The summed E-state index contributed by atoms with van der Waals surface area (Å²) in [6, 6.07) is 5.55. The van der Waals surface area contributed by atoms with E-state index in [4.69, 9.17) is 4.74 Å². The lowest BCUT2D eigenvalue weighted by molar-refractivity contribution is 0.403. The zero-order chi connectivity index (χ0) is 15.3. The molecule has 0 aliphatic heterocycles. The van der Waals surface area contributed by atoms with Crippen LogP contribution in [0.1, 0.15) is 37.4 Å². The summed E-state index contributed by atoms with van der Waals surface area (Å²) in [6.45, 7) is 5.64. The van der Waals surface area contributed by atoms with Crippen molar-refractivity contribution in [1.82, 2.24) is 5.32 Å². The van der Waals surface area contributed by atoms with Gasteiger partial charge in [0.1, 0.15) is 5.75 Å². The Kier molecular flexibility index (Phi) is 6.02. The molecule has 1 N–H and O–H groups in total. The van der Waals surface area contributed by atoms with Crippen LogP contribution in [0.2, 0.25) is 0 Å². The molecule has 1 rings (SSSR count). The molecule has 2 unspecified atom stereocenters.